The van der Waals surface area contributed by atoms with Crippen LogP contribution in [0.3, 0.4) is 0 Å². The van der Waals surface area contributed by atoms with Gasteiger partial charge in [-0.3, -0.25) is 9.69 Å². The van der Waals surface area contributed by atoms with Gasteiger partial charge in [0, 0.05) is 51.7 Å². The lowest BCUT2D eigenvalue weighted by atomic mass is 10.0. The summed E-state index contributed by atoms with van der Waals surface area (Å²) < 4.78 is 0. The lowest BCUT2D eigenvalue weighted by Crippen LogP contribution is -2.64. The number of nitrogens with zero attached hydrogens (tertiary/aromatic N) is 2. The normalized spacial score (nSPS) is 24.5. The van der Waals surface area contributed by atoms with Crippen LogP contribution in [0.25, 0.3) is 0 Å². The van der Waals surface area contributed by atoms with Gasteiger partial charge in [0.2, 0.25) is 5.91 Å². The van der Waals surface area contributed by atoms with Crippen LogP contribution in [0.4, 0.5) is 0 Å². The Bertz CT molecular complexity index is 257. The number of rotatable bonds is 4. The van der Waals surface area contributed by atoms with Crippen molar-refractivity contribution in [1.82, 2.24) is 15.1 Å². The van der Waals surface area contributed by atoms with Crippen molar-refractivity contribution in [3.8, 4) is 0 Å². The topological polar surface area (TPSA) is 35.6 Å². The SMILES string of the molecule is CCC(C)CC(=O)N1CC(N2CCNCC2)C1. The molecule has 0 saturated carbocycles. The van der Waals surface area contributed by atoms with Crippen LogP contribution in [0.1, 0.15) is 26.7 Å². The predicted octanol–water partition coefficient (Wildman–Crippen LogP) is 0.539. The number of amides is 1. The van der Waals surface area contributed by atoms with E-state index in [-0.39, 0.29) is 0 Å². The molecule has 0 aromatic rings. The Balaban J connectivity index is 1.69. The predicted molar refractivity (Wildman–Crippen MR) is 68.9 cm³/mol. The molecule has 98 valence electrons. The Labute approximate surface area is 104 Å². The molecule has 0 aliphatic carbocycles. The zero-order valence-electron chi connectivity index (χ0n) is 11.1. The van der Waals surface area contributed by atoms with E-state index in [1.165, 1.54) is 0 Å². The van der Waals surface area contributed by atoms with E-state index in [1.54, 1.807) is 0 Å². The van der Waals surface area contributed by atoms with Gasteiger partial charge in [0.25, 0.3) is 0 Å². The molecule has 4 nitrogen and oxygen atoms in total. The Kier molecular flexibility index (Phi) is 4.40. The summed E-state index contributed by atoms with van der Waals surface area (Å²) in [5.74, 6) is 0.881. The molecule has 0 bridgehead atoms. The van der Waals surface area contributed by atoms with E-state index < -0.39 is 0 Å². The smallest absolute Gasteiger partial charge is 0.222 e. The Morgan fingerprint density at radius 3 is 2.59 bits per heavy atom. The van der Waals surface area contributed by atoms with Gasteiger partial charge in [-0.05, 0) is 5.92 Å². The summed E-state index contributed by atoms with van der Waals surface area (Å²) in [6, 6.07) is 0.623. The molecule has 2 saturated heterocycles. The summed E-state index contributed by atoms with van der Waals surface area (Å²) in [4.78, 5) is 16.5. The molecular weight excluding hydrogens is 214 g/mol. The summed E-state index contributed by atoms with van der Waals surface area (Å²) in [6.07, 6.45) is 1.82. The maximum atomic E-state index is 11.9. The largest absolute Gasteiger partial charge is 0.339 e. The zero-order valence-corrected chi connectivity index (χ0v) is 11.1. The molecule has 2 rings (SSSR count). The maximum Gasteiger partial charge on any atom is 0.222 e. The zero-order chi connectivity index (χ0) is 12.3. The molecule has 0 spiro atoms. The first-order valence-electron chi connectivity index (χ1n) is 6.93. The number of piperazine rings is 1. The van der Waals surface area contributed by atoms with Gasteiger partial charge in [0.15, 0.2) is 0 Å². The van der Waals surface area contributed by atoms with Crippen LogP contribution in [0, 0.1) is 5.92 Å². The molecule has 1 unspecified atom stereocenters. The van der Waals surface area contributed by atoms with Crippen LogP contribution in [0.15, 0.2) is 0 Å². The highest BCUT2D eigenvalue weighted by molar-refractivity contribution is 5.77. The van der Waals surface area contributed by atoms with Gasteiger partial charge in [-0.2, -0.15) is 0 Å². The monoisotopic (exact) mass is 239 g/mol. The van der Waals surface area contributed by atoms with Crippen LogP contribution < -0.4 is 5.32 Å². The first-order chi connectivity index (χ1) is 8.20. The van der Waals surface area contributed by atoms with Crippen molar-refractivity contribution in [2.24, 2.45) is 5.92 Å². The molecule has 2 heterocycles. The minimum atomic E-state index is 0.353. The molecule has 0 aromatic carbocycles. The lowest BCUT2D eigenvalue weighted by molar-refractivity contribution is -0.139. The van der Waals surface area contributed by atoms with E-state index in [0.717, 1.165) is 52.1 Å². The van der Waals surface area contributed by atoms with E-state index in [0.29, 0.717) is 17.9 Å². The van der Waals surface area contributed by atoms with Crippen molar-refractivity contribution in [2.45, 2.75) is 32.7 Å². The Morgan fingerprint density at radius 1 is 1.35 bits per heavy atom. The van der Waals surface area contributed by atoms with Gasteiger partial charge >= 0.3 is 0 Å². The van der Waals surface area contributed by atoms with Crippen molar-refractivity contribution >= 4 is 5.91 Å². The first-order valence-corrected chi connectivity index (χ1v) is 6.93. The van der Waals surface area contributed by atoms with E-state index in [1.807, 2.05) is 4.90 Å². The molecule has 2 fully saturated rings. The van der Waals surface area contributed by atoms with E-state index in [9.17, 15) is 4.79 Å². The molecule has 2 aliphatic heterocycles. The fourth-order valence-corrected chi connectivity index (χ4v) is 2.51. The van der Waals surface area contributed by atoms with Crippen molar-refractivity contribution in [3.63, 3.8) is 0 Å². The summed E-state index contributed by atoms with van der Waals surface area (Å²) in [5, 5.41) is 3.36. The summed E-state index contributed by atoms with van der Waals surface area (Å²) in [5.41, 5.74) is 0. The molecule has 1 amide bonds. The van der Waals surface area contributed by atoms with Gasteiger partial charge in [-0.25, -0.2) is 0 Å². The minimum Gasteiger partial charge on any atom is -0.339 e. The molecule has 4 heteroatoms. The fraction of sp³-hybridized carbons (Fsp3) is 0.923. The molecule has 1 N–H and O–H groups in total. The van der Waals surface area contributed by atoms with Crippen LogP contribution >= 0.6 is 0 Å². The average molecular weight is 239 g/mol. The number of hydrogen-bond acceptors (Lipinski definition) is 3. The standard InChI is InChI=1S/C13H25N3O/c1-3-11(2)8-13(17)16-9-12(10-16)15-6-4-14-5-7-15/h11-12,14H,3-10H2,1-2H3. The first kappa shape index (κ1) is 12.8. The van der Waals surface area contributed by atoms with Crippen molar-refractivity contribution in [2.75, 3.05) is 39.3 Å². The third kappa shape index (κ3) is 3.19. The number of hydrogen-bond donors (Lipinski definition) is 1. The van der Waals surface area contributed by atoms with E-state index in [2.05, 4.69) is 24.1 Å². The second-order valence-corrected chi connectivity index (χ2v) is 5.46. The van der Waals surface area contributed by atoms with Crippen LogP contribution in [-0.2, 0) is 4.79 Å². The highest BCUT2D eigenvalue weighted by Gasteiger charge is 2.34. The Morgan fingerprint density at radius 2 is 2.00 bits per heavy atom. The van der Waals surface area contributed by atoms with Gasteiger partial charge < -0.3 is 10.2 Å². The summed E-state index contributed by atoms with van der Waals surface area (Å²) in [7, 11) is 0. The van der Waals surface area contributed by atoms with Gasteiger partial charge in [-0.15, -0.1) is 0 Å². The Hall–Kier alpha value is -0.610. The third-order valence-corrected chi connectivity index (χ3v) is 4.10. The highest BCUT2D eigenvalue weighted by atomic mass is 16.2. The van der Waals surface area contributed by atoms with Crippen LogP contribution in [0.2, 0.25) is 0 Å². The molecule has 17 heavy (non-hydrogen) atoms. The molecule has 0 aromatic heterocycles. The van der Waals surface area contributed by atoms with Crippen LogP contribution in [0.5, 0.6) is 0 Å². The summed E-state index contributed by atoms with van der Waals surface area (Å²) >= 11 is 0. The van der Waals surface area contributed by atoms with E-state index in [4.69, 9.17) is 0 Å². The summed E-state index contributed by atoms with van der Waals surface area (Å²) in [6.45, 7) is 10.7. The maximum absolute atomic E-state index is 11.9. The van der Waals surface area contributed by atoms with Crippen molar-refractivity contribution in [3.05, 3.63) is 0 Å². The molecule has 1 atom stereocenters. The molecular formula is C13H25N3O. The van der Waals surface area contributed by atoms with Crippen molar-refractivity contribution in [1.29, 1.82) is 0 Å². The van der Waals surface area contributed by atoms with Gasteiger partial charge in [0.1, 0.15) is 0 Å². The molecule has 0 radical (unpaired) electrons. The fourth-order valence-electron chi connectivity index (χ4n) is 2.51. The number of carbonyl (C=O) groups excluding carboxylic acids is 1. The van der Waals surface area contributed by atoms with Crippen LogP contribution in [-0.4, -0.2) is 61.0 Å². The number of nitrogens with one attached hydrogen (secondary N) is 1. The average Bonchev–Trinajstić information content (AvgIpc) is 2.28. The van der Waals surface area contributed by atoms with Crippen molar-refractivity contribution < 1.29 is 4.79 Å². The minimum absolute atomic E-state index is 0.353. The van der Waals surface area contributed by atoms with Gasteiger partial charge in [0.05, 0.1) is 0 Å². The second-order valence-electron chi connectivity index (χ2n) is 5.46. The molecule has 2 aliphatic rings. The third-order valence-electron chi connectivity index (χ3n) is 4.10. The van der Waals surface area contributed by atoms with Gasteiger partial charge in [-0.1, -0.05) is 20.3 Å². The van der Waals surface area contributed by atoms with E-state index >= 15 is 0 Å². The number of likely N-dealkylation sites (tertiary alicyclic amines) is 1. The number of carbonyl (C=O) groups is 1. The highest BCUT2D eigenvalue weighted by Crippen LogP contribution is 2.18. The second kappa shape index (κ2) is 5.83. The quantitative estimate of drug-likeness (QED) is 0.778. The lowest BCUT2D eigenvalue weighted by Gasteiger charge is -2.47.